The van der Waals surface area contributed by atoms with Gasteiger partial charge in [-0.25, -0.2) is 4.98 Å². The maximum atomic E-state index is 12.4. The molecule has 3 rings (SSSR count). The van der Waals surface area contributed by atoms with Gasteiger partial charge in [-0.15, -0.1) is 0 Å². The second kappa shape index (κ2) is 7.45. The number of rotatable bonds is 5. The molecule has 1 aliphatic heterocycles. The summed E-state index contributed by atoms with van der Waals surface area (Å²) in [6, 6.07) is 11.3. The van der Waals surface area contributed by atoms with Crippen LogP contribution in [0.2, 0.25) is 0 Å². The van der Waals surface area contributed by atoms with Crippen molar-refractivity contribution in [1.29, 1.82) is 0 Å². The van der Waals surface area contributed by atoms with Crippen LogP contribution in [-0.4, -0.2) is 30.2 Å². The third kappa shape index (κ3) is 3.92. The Hall–Kier alpha value is -2.40. The first-order chi connectivity index (χ1) is 11.6. The summed E-state index contributed by atoms with van der Waals surface area (Å²) >= 11 is 0. The van der Waals surface area contributed by atoms with Crippen LogP contribution in [0.15, 0.2) is 42.6 Å². The minimum atomic E-state index is -0.175. The van der Waals surface area contributed by atoms with Crippen LogP contribution in [0.5, 0.6) is 5.88 Å². The van der Waals surface area contributed by atoms with Gasteiger partial charge in [-0.05, 0) is 23.6 Å². The molecule has 1 atom stereocenters. The van der Waals surface area contributed by atoms with E-state index in [1.165, 1.54) is 0 Å². The molecular weight excluding hydrogens is 304 g/mol. The summed E-state index contributed by atoms with van der Waals surface area (Å²) in [4.78, 5) is 16.7. The molecule has 1 saturated heterocycles. The van der Waals surface area contributed by atoms with Crippen molar-refractivity contribution in [2.75, 3.05) is 18.5 Å². The number of nitrogens with one attached hydrogen (secondary N) is 1. The van der Waals surface area contributed by atoms with Crippen molar-refractivity contribution < 1.29 is 14.3 Å². The van der Waals surface area contributed by atoms with Crippen LogP contribution in [0.1, 0.15) is 42.1 Å². The van der Waals surface area contributed by atoms with E-state index < -0.39 is 0 Å². The standard InChI is InChI=1S/C19H22N2O3/c1-13(2)16-5-3-4-6-17(16)21-19(22)14-7-8-18(20-11-14)24-15-9-10-23-12-15/h3-8,11,13,15H,9-10,12H2,1-2H3,(H,21,22). The number of hydrogen-bond donors (Lipinski definition) is 1. The fourth-order valence-corrected chi connectivity index (χ4v) is 2.67. The maximum Gasteiger partial charge on any atom is 0.257 e. The summed E-state index contributed by atoms with van der Waals surface area (Å²) in [6.07, 6.45) is 2.46. The van der Waals surface area contributed by atoms with Crippen LogP contribution in [0.4, 0.5) is 5.69 Å². The maximum absolute atomic E-state index is 12.4. The van der Waals surface area contributed by atoms with Crippen molar-refractivity contribution in [2.45, 2.75) is 32.3 Å². The van der Waals surface area contributed by atoms with Gasteiger partial charge >= 0.3 is 0 Å². The SMILES string of the molecule is CC(C)c1ccccc1NC(=O)c1ccc(OC2CCOC2)nc1. The second-order valence-corrected chi connectivity index (χ2v) is 6.18. The summed E-state index contributed by atoms with van der Waals surface area (Å²) in [5.74, 6) is 0.681. The van der Waals surface area contributed by atoms with Gasteiger partial charge in [0, 0.05) is 24.4 Å². The van der Waals surface area contributed by atoms with Crippen molar-refractivity contribution in [1.82, 2.24) is 4.98 Å². The van der Waals surface area contributed by atoms with Crippen LogP contribution in [-0.2, 0) is 4.74 Å². The Balaban J connectivity index is 1.67. The van der Waals surface area contributed by atoms with Gasteiger partial charge in [0.05, 0.1) is 18.8 Å². The zero-order chi connectivity index (χ0) is 16.9. The monoisotopic (exact) mass is 326 g/mol. The first-order valence-corrected chi connectivity index (χ1v) is 8.24. The molecule has 0 aliphatic carbocycles. The number of benzene rings is 1. The molecule has 1 unspecified atom stereocenters. The molecule has 5 heteroatoms. The Bertz CT molecular complexity index is 692. The Morgan fingerprint density at radius 3 is 2.79 bits per heavy atom. The predicted molar refractivity (Wildman–Crippen MR) is 92.6 cm³/mol. The van der Waals surface area contributed by atoms with Crippen LogP contribution in [0.3, 0.4) is 0 Å². The number of carbonyl (C=O) groups is 1. The molecule has 0 spiro atoms. The summed E-state index contributed by atoms with van der Waals surface area (Å²) in [5.41, 5.74) is 2.45. The number of hydrogen-bond acceptors (Lipinski definition) is 4. The van der Waals surface area contributed by atoms with Gasteiger partial charge in [0.15, 0.2) is 0 Å². The normalized spacial score (nSPS) is 17.0. The van der Waals surface area contributed by atoms with E-state index in [-0.39, 0.29) is 12.0 Å². The first kappa shape index (κ1) is 16.5. The van der Waals surface area contributed by atoms with Gasteiger partial charge < -0.3 is 14.8 Å². The molecule has 5 nitrogen and oxygen atoms in total. The van der Waals surface area contributed by atoms with E-state index in [0.717, 1.165) is 24.3 Å². The molecule has 0 radical (unpaired) electrons. The highest BCUT2D eigenvalue weighted by Crippen LogP contribution is 2.24. The first-order valence-electron chi connectivity index (χ1n) is 8.24. The number of aromatic nitrogens is 1. The van der Waals surface area contributed by atoms with Crippen LogP contribution < -0.4 is 10.1 Å². The van der Waals surface area contributed by atoms with E-state index in [9.17, 15) is 4.79 Å². The highest BCUT2D eigenvalue weighted by Gasteiger charge is 2.18. The lowest BCUT2D eigenvalue weighted by Crippen LogP contribution is -2.17. The fraction of sp³-hybridized carbons (Fsp3) is 0.368. The summed E-state index contributed by atoms with van der Waals surface area (Å²) in [7, 11) is 0. The molecule has 2 aromatic rings. The van der Waals surface area contributed by atoms with E-state index >= 15 is 0 Å². The third-order valence-corrected chi connectivity index (χ3v) is 4.00. The molecule has 126 valence electrons. The van der Waals surface area contributed by atoms with Crippen LogP contribution in [0, 0.1) is 0 Å². The Kier molecular flexibility index (Phi) is 5.11. The van der Waals surface area contributed by atoms with E-state index in [4.69, 9.17) is 9.47 Å². The van der Waals surface area contributed by atoms with Crippen LogP contribution in [0.25, 0.3) is 0 Å². The Morgan fingerprint density at radius 1 is 1.29 bits per heavy atom. The molecule has 1 fully saturated rings. The lowest BCUT2D eigenvalue weighted by Gasteiger charge is -2.14. The summed E-state index contributed by atoms with van der Waals surface area (Å²) in [5, 5.41) is 2.96. The Morgan fingerprint density at radius 2 is 2.12 bits per heavy atom. The molecule has 24 heavy (non-hydrogen) atoms. The van der Waals surface area contributed by atoms with Crippen molar-refractivity contribution >= 4 is 11.6 Å². The fourth-order valence-electron chi connectivity index (χ4n) is 2.67. The van der Waals surface area contributed by atoms with Crippen molar-refractivity contribution in [2.24, 2.45) is 0 Å². The van der Waals surface area contributed by atoms with Gasteiger partial charge in [0.2, 0.25) is 5.88 Å². The summed E-state index contributed by atoms with van der Waals surface area (Å²) < 4.78 is 11.0. The van der Waals surface area contributed by atoms with E-state index in [1.54, 1.807) is 18.3 Å². The van der Waals surface area contributed by atoms with Crippen molar-refractivity contribution in [3.63, 3.8) is 0 Å². The average Bonchev–Trinajstić information content (AvgIpc) is 3.09. The van der Waals surface area contributed by atoms with Crippen molar-refractivity contribution in [3.05, 3.63) is 53.7 Å². The molecule has 2 heterocycles. The molecule has 1 aromatic carbocycles. The molecule has 1 aliphatic rings. The predicted octanol–water partition coefficient (Wildman–Crippen LogP) is 3.63. The number of para-hydroxylation sites is 1. The quantitative estimate of drug-likeness (QED) is 0.911. The summed E-state index contributed by atoms with van der Waals surface area (Å²) in [6.45, 7) is 5.52. The third-order valence-electron chi connectivity index (χ3n) is 4.00. The van der Waals surface area contributed by atoms with Crippen molar-refractivity contribution in [3.8, 4) is 5.88 Å². The van der Waals surface area contributed by atoms with Gasteiger partial charge in [0.25, 0.3) is 5.91 Å². The average molecular weight is 326 g/mol. The van der Waals surface area contributed by atoms with Gasteiger partial charge in [-0.3, -0.25) is 4.79 Å². The number of amides is 1. The number of ether oxygens (including phenoxy) is 2. The minimum Gasteiger partial charge on any atom is -0.472 e. The molecule has 1 amide bonds. The van der Waals surface area contributed by atoms with E-state index in [0.29, 0.717) is 24.0 Å². The highest BCUT2D eigenvalue weighted by molar-refractivity contribution is 6.04. The van der Waals surface area contributed by atoms with E-state index in [1.807, 2.05) is 24.3 Å². The molecule has 0 saturated carbocycles. The lowest BCUT2D eigenvalue weighted by molar-refractivity contribution is 0.102. The lowest BCUT2D eigenvalue weighted by atomic mass is 10.0. The Labute approximate surface area is 142 Å². The zero-order valence-corrected chi connectivity index (χ0v) is 14.0. The smallest absolute Gasteiger partial charge is 0.257 e. The zero-order valence-electron chi connectivity index (χ0n) is 14.0. The minimum absolute atomic E-state index is 0.0510. The number of nitrogens with zero attached hydrogens (tertiary/aromatic N) is 1. The van der Waals surface area contributed by atoms with Gasteiger partial charge in [-0.1, -0.05) is 32.0 Å². The number of carbonyl (C=O) groups excluding carboxylic acids is 1. The number of anilines is 1. The van der Waals surface area contributed by atoms with Crippen LogP contribution >= 0.6 is 0 Å². The molecule has 1 aromatic heterocycles. The van der Waals surface area contributed by atoms with E-state index in [2.05, 4.69) is 24.1 Å². The number of pyridine rings is 1. The molecule has 1 N–H and O–H groups in total. The highest BCUT2D eigenvalue weighted by atomic mass is 16.5. The molecule has 0 bridgehead atoms. The second-order valence-electron chi connectivity index (χ2n) is 6.18. The van der Waals surface area contributed by atoms with Gasteiger partial charge in [-0.2, -0.15) is 0 Å². The van der Waals surface area contributed by atoms with Gasteiger partial charge in [0.1, 0.15) is 6.10 Å². The molecular formula is C19H22N2O3. The largest absolute Gasteiger partial charge is 0.472 e. The topological polar surface area (TPSA) is 60.5 Å².